The molecule has 2 aromatic rings. The van der Waals surface area contributed by atoms with Crippen molar-refractivity contribution in [2.45, 2.75) is 0 Å². The van der Waals surface area contributed by atoms with Gasteiger partial charge in [0.15, 0.2) is 0 Å². The van der Waals surface area contributed by atoms with Gasteiger partial charge in [0, 0.05) is 35.0 Å². The minimum absolute atomic E-state index is 1.07. The number of hydrogen-bond donors (Lipinski definition) is 0. The molecule has 0 N–H and O–H groups in total. The highest BCUT2D eigenvalue weighted by Crippen LogP contribution is 2.52. The number of thioether (sulfide) groups is 2. The smallest absolute Gasteiger partial charge is 0.117 e. The fourth-order valence-corrected chi connectivity index (χ4v) is 6.14. The molecule has 0 aliphatic carbocycles. The Kier molecular flexibility index (Phi) is 4.34. The van der Waals surface area contributed by atoms with E-state index < -0.39 is 0 Å². The van der Waals surface area contributed by atoms with Crippen molar-refractivity contribution in [3.63, 3.8) is 0 Å². The van der Waals surface area contributed by atoms with E-state index in [1.807, 2.05) is 36.4 Å². The van der Waals surface area contributed by atoms with Crippen LogP contribution in [0.25, 0.3) is 0 Å². The van der Waals surface area contributed by atoms with E-state index in [-0.39, 0.29) is 0 Å². The van der Waals surface area contributed by atoms with Crippen LogP contribution in [-0.2, 0) is 0 Å². The highest BCUT2D eigenvalue weighted by molar-refractivity contribution is 8.38. The Morgan fingerprint density at radius 2 is 0.955 bits per heavy atom. The van der Waals surface area contributed by atoms with Gasteiger partial charge in [-0.2, -0.15) is 0 Å². The zero-order valence-corrected chi connectivity index (χ0v) is 14.6. The lowest BCUT2D eigenvalue weighted by Gasteiger charge is -2.01. The number of hydrogen-bond acceptors (Lipinski definition) is 6. The summed E-state index contributed by atoms with van der Waals surface area (Å²) in [6.07, 6.45) is 0. The molecule has 2 nitrogen and oxygen atoms in total. The van der Waals surface area contributed by atoms with Gasteiger partial charge in [0.25, 0.3) is 0 Å². The van der Waals surface area contributed by atoms with E-state index in [4.69, 9.17) is 0 Å². The maximum atomic E-state index is 4.59. The highest BCUT2D eigenvalue weighted by Gasteiger charge is 2.25. The van der Waals surface area contributed by atoms with Crippen LogP contribution < -0.4 is 0 Å². The summed E-state index contributed by atoms with van der Waals surface area (Å²) in [5, 5.41) is 2.14. The monoisotopic (exact) mass is 358 g/mol. The molecule has 0 fully saturated rings. The summed E-state index contributed by atoms with van der Waals surface area (Å²) in [4.78, 5) is 0. The summed E-state index contributed by atoms with van der Waals surface area (Å²) < 4.78 is 11.6. The average molecular weight is 359 g/mol. The van der Waals surface area contributed by atoms with Crippen molar-refractivity contribution in [3.05, 3.63) is 80.3 Å². The van der Waals surface area contributed by atoms with Crippen molar-refractivity contribution in [2.24, 2.45) is 8.80 Å². The first kappa shape index (κ1) is 14.5. The van der Waals surface area contributed by atoms with Crippen LogP contribution >= 0.6 is 47.4 Å². The van der Waals surface area contributed by atoms with E-state index in [0.29, 0.717) is 0 Å². The lowest BCUT2D eigenvalue weighted by atomic mass is 10.2. The summed E-state index contributed by atoms with van der Waals surface area (Å²) in [5.41, 5.74) is 2.35. The second-order valence-electron chi connectivity index (χ2n) is 4.49. The van der Waals surface area contributed by atoms with E-state index in [9.17, 15) is 0 Å². The Hall–Kier alpha value is -1.08. The zero-order chi connectivity index (χ0) is 14.8. The Bertz CT molecular complexity index is 715. The van der Waals surface area contributed by atoms with Crippen LogP contribution in [0.15, 0.2) is 77.9 Å². The molecule has 0 saturated carbocycles. The van der Waals surface area contributed by atoms with Crippen LogP contribution in [0.1, 0.15) is 11.1 Å². The summed E-state index contributed by atoms with van der Waals surface area (Å²) >= 11 is 6.58. The molecule has 0 bridgehead atoms. The first-order valence-electron chi connectivity index (χ1n) is 6.61. The summed E-state index contributed by atoms with van der Waals surface area (Å²) in [5.74, 6) is 0. The number of nitrogens with zero attached hydrogens (tertiary/aromatic N) is 2. The van der Waals surface area contributed by atoms with E-state index in [0.717, 1.165) is 10.1 Å². The molecule has 0 atom stereocenters. The fraction of sp³-hybridized carbons (Fsp3) is 0. The Morgan fingerprint density at radius 3 is 1.36 bits per heavy atom. The van der Waals surface area contributed by atoms with E-state index in [1.165, 1.54) is 19.6 Å². The molecule has 0 saturated heterocycles. The summed E-state index contributed by atoms with van der Waals surface area (Å²) in [7, 11) is 0. The van der Waals surface area contributed by atoms with Crippen LogP contribution in [0.5, 0.6) is 0 Å². The standard InChI is InChI=1S/C16H10N2S4/c1-3-7-11(8-4-1)13-17-21-15(19-13)16-20-14(18-22-16)12-9-5-2-6-10-12/h1-10H/b16-15-. The predicted octanol–water partition coefficient (Wildman–Crippen LogP) is 5.80. The Morgan fingerprint density at radius 1 is 0.545 bits per heavy atom. The molecule has 0 amide bonds. The highest BCUT2D eigenvalue weighted by atomic mass is 32.2. The number of benzene rings is 2. The van der Waals surface area contributed by atoms with Crippen LogP contribution in [0.3, 0.4) is 0 Å². The second-order valence-corrected chi connectivity index (χ2v) is 8.55. The largest absolute Gasteiger partial charge is 0.203 e. The zero-order valence-electron chi connectivity index (χ0n) is 11.3. The molecule has 6 heteroatoms. The van der Waals surface area contributed by atoms with E-state index in [2.05, 4.69) is 33.1 Å². The molecule has 2 heterocycles. The maximum absolute atomic E-state index is 4.59. The topological polar surface area (TPSA) is 24.7 Å². The van der Waals surface area contributed by atoms with Crippen molar-refractivity contribution >= 4 is 57.5 Å². The quantitative estimate of drug-likeness (QED) is 0.634. The van der Waals surface area contributed by atoms with Crippen LogP contribution in [-0.4, -0.2) is 10.1 Å². The number of rotatable bonds is 2. The van der Waals surface area contributed by atoms with Gasteiger partial charge in [-0.25, -0.2) is 8.80 Å². The average Bonchev–Trinajstić information content (AvgIpc) is 3.26. The molecule has 0 aromatic heterocycles. The summed E-state index contributed by atoms with van der Waals surface area (Å²) in [6.45, 7) is 0. The molecular formula is C16H10N2S4. The van der Waals surface area contributed by atoms with E-state index in [1.54, 1.807) is 47.4 Å². The maximum Gasteiger partial charge on any atom is 0.117 e. The predicted molar refractivity (Wildman–Crippen MR) is 103 cm³/mol. The van der Waals surface area contributed by atoms with Crippen LogP contribution in [0.2, 0.25) is 0 Å². The first-order chi connectivity index (χ1) is 10.9. The third-order valence-electron chi connectivity index (χ3n) is 3.01. The lowest BCUT2D eigenvalue weighted by Crippen LogP contribution is -1.90. The van der Waals surface area contributed by atoms with Gasteiger partial charge in [0.1, 0.15) is 10.1 Å². The van der Waals surface area contributed by atoms with Gasteiger partial charge in [-0.15, -0.1) is 0 Å². The lowest BCUT2D eigenvalue weighted by molar-refractivity contribution is 1.67. The molecule has 108 valence electrons. The van der Waals surface area contributed by atoms with Gasteiger partial charge in [-0.1, -0.05) is 84.2 Å². The minimum Gasteiger partial charge on any atom is -0.203 e. The van der Waals surface area contributed by atoms with Crippen molar-refractivity contribution in [2.75, 3.05) is 0 Å². The first-order valence-corrected chi connectivity index (χ1v) is 9.79. The fourth-order valence-electron chi connectivity index (χ4n) is 1.96. The molecule has 0 unspecified atom stereocenters. The molecule has 0 radical (unpaired) electrons. The van der Waals surface area contributed by atoms with Crippen molar-refractivity contribution in [1.82, 2.24) is 0 Å². The third kappa shape index (κ3) is 3.01. The van der Waals surface area contributed by atoms with Crippen molar-refractivity contribution in [3.8, 4) is 0 Å². The minimum atomic E-state index is 1.07. The molecule has 2 aromatic carbocycles. The van der Waals surface area contributed by atoms with Crippen LogP contribution in [0, 0.1) is 0 Å². The van der Waals surface area contributed by atoms with Gasteiger partial charge in [0.05, 0.1) is 8.47 Å². The molecule has 0 spiro atoms. The van der Waals surface area contributed by atoms with Crippen molar-refractivity contribution < 1.29 is 0 Å². The van der Waals surface area contributed by atoms with Gasteiger partial charge in [-0.3, -0.25) is 0 Å². The SMILES string of the molecule is c1ccc(C2=NS/C(=C3\SN=C(c4ccccc4)S3)S2)cc1. The van der Waals surface area contributed by atoms with Gasteiger partial charge in [0.2, 0.25) is 0 Å². The molecule has 2 aliphatic heterocycles. The third-order valence-corrected chi connectivity index (χ3v) is 7.81. The molecule has 4 rings (SSSR count). The van der Waals surface area contributed by atoms with Gasteiger partial charge < -0.3 is 0 Å². The Labute approximate surface area is 146 Å². The molecule has 22 heavy (non-hydrogen) atoms. The van der Waals surface area contributed by atoms with Crippen molar-refractivity contribution in [1.29, 1.82) is 0 Å². The normalized spacial score (nSPS) is 20.9. The van der Waals surface area contributed by atoms with Gasteiger partial charge >= 0.3 is 0 Å². The molecular weight excluding hydrogens is 348 g/mol. The molecule has 2 aliphatic rings. The Balaban J connectivity index is 1.50. The summed E-state index contributed by atoms with van der Waals surface area (Å²) in [6, 6.07) is 20.6. The van der Waals surface area contributed by atoms with Crippen LogP contribution in [0.4, 0.5) is 0 Å². The van der Waals surface area contributed by atoms with Gasteiger partial charge in [-0.05, 0) is 0 Å². The van der Waals surface area contributed by atoms with E-state index >= 15 is 0 Å². The second kappa shape index (κ2) is 6.58.